The lowest BCUT2D eigenvalue weighted by Crippen LogP contribution is -2.60. The van der Waals surface area contributed by atoms with Crippen molar-refractivity contribution in [1.82, 2.24) is 10.2 Å². The van der Waals surface area contributed by atoms with Gasteiger partial charge in [0.15, 0.2) is 0 Å². The first-order chi connectivity index (χ1) is 8.47. The second-order valence-electron chi connectivity index (χ2n) is 7.21. The minimum absolute atomic E-state index is 0.349. The summed E-state index contributed by atoms with van der Waals surface area (Å²) in [6, 6.07) is 1.27. The molecule has 0 bridgehead atoms. The summed E-state index contributed by atoms with van der Waals surface area (Å²) in [7, 11) is 0. The zero-order valence-corrected chi connectivity index (χ0v) is 12.5. The van der Waals surface area contributed by atoms with Crippen LogP contribution in [-0.4, -0.2) is 49.8 Å². The largest absolute Gasteiger partial charge is 0.381 e. The Hall–Kier alpha value is -0.120. The van der Waals surface area contributed by atoms with Gasteiger partial charge >= 0.3 is 0 Å². The molecule has 0 aromatic rings. The summed E-state index contributed by atoms with van der Waals surface area (Å²) in [4.78, 5) is 2.67. The highest BCUT2D eigenvalue weighted by Crippen LogP contribution is 2.25. The maximum Gasteiger partial charge on any atom is 0.0506 e. The van der Waals surface area contributed by atoms with E-state index in [1.54, 1.807) is 0 Å². The molecule has 3 nitrogen and oxygen atoms in total. The van der Waals surface area contributed by atoms with Gasteiger partial charge in [0.2, 0.25) is 0 Å². The summed E-state index contributed by atoms with van der Waals surface area (Å²) < 4.78 is 5.61. The summed E-state index contributed by atoms with van der Waals surface area (Å²) in [6.45, 7) is 14.8. The topological polar surface area (TPSA) is 24.5 Å². The van der Waals surface area contributed by atoms with E-state index in [2.05, 4.69) is 37.9 Å². The van der Waals surface area contributed by atoms with Crippen molar-refractivity contribution in [3.8, 4) is 0 Å². The van der Waals surface area contributed by atoms with Gasteiger partial charge < -0.3 is 10.1 Å². The van der Waals surface area contributed by atoms with Crippen LogP contribution in [0.5, 0.6) is 0 Å². The fourth-order valence-corrected chi connectivity index (χ4v) is 3.04. The second-order valence-corrected chi connectivity index (χ2v) is 7.21. The van der Waals surface area contributed by atoms with Crippen molar-refractivity contribution in [2.75, 3.05) is 32.8 Å². The van der Waals surface area contributed by atoms with Gasteiger partial charge in [-0.2, -0.15) is 0 Å². The lowest BCUT2D eigenvalue weighted by molar-refractivity contribution is 0.0165. The first kappa shape index (κ1) is 14.3. The fraction of sp³-hybridized carbons (Fsp3) is 1.00. The lowest BCUT2D eigenvalue weighted by Gasteiger charge is -2.45. The summed E-state index contributed by atoms with van der Waals surface area (Å²) >= 11 is 0. The fourth-order valence-electron chi connectivity index (χ4n) is 3.04. The normalized spacial score (nSPS) is 35.7. The molecule has 0 aromatic carbocycles. The van der Waals surface area contributed by atoms with Crippen LogP contribution in [0.15, 0.2) is 0 Å². The van der Waals surface area contributed by atoms with Gasteiger partial charge in [-0.25, -0.2) is 0 Å². The van der Waals surface area contributed by atoms with Crippen LogP contribution >= 0.6 is 0 Å². The minimum Gasteiger partial charge on any atom is -0.381 e. The molecule has 18 heavy (non-hydrogen) atoms. The summed E-state index contributed by atoms with van der Waals surface area (Å²) in [6.07, 6.45) is 2.59. The van der Waals surface area contributed by atoms with E-state index in [4.69, 9.17) is 4.74 Å². The summed E-state index contributed by atoms with van der Waals surface area (Å²) in [5, 5.41) is 3.70. The first-order valence-corrected chi connectivity index (χ1v) is 7.52. The molecular formula is C15H30N2O. The molecule has 3 unspecified atom stereocenters. The lowest BCUT2D eigenvalue weighted by atomic mass is 9.84. The third-order valence-electron chi connectivity index (χ3n) is 4.49. The molecule has 2 saturated heterocycles. The third-order valence-corrected chi connectivity index (χ3v) is 4.49. The Kier molecular flexibility index (Phi) is 4.68. The van der Waals surface area contributed by atoms with Crippen molar-refractivity contribution in [2.45, 2.75) is 52.6 Å². The molecule has 2 rings (SSSR count). The van der Waals surface area contributed by atoms with Crippen molar-refractivity contribution in [1.29, 1.82) is 0 Å². The molecule has 2 aliphatic heterocycles. The molecule has 2 aliphatic rings. The Labute approximate surface area is 112 Å². The zero-order valence-electron chi connectivity index (χ0n) is 12.5. The number of nitrogens with zero attached hydrogens (tertiary/aromatic N) is 1. The number of hydrogen-bond acceptors (Lipinski definition) is 3. The van der Waals surface area contributed by atoms with Gasteiger partial charge in [0, 0.05) is 38.3 Å². The van der Waals surface area contributed by atoms with Crippen LogP contribution < -0.4 is 5.32 Å². The summed E-state index contributed by atoms with van der Waals surface area (Å²) in [5.41, 5.74) is 0.349. The molecule has 0 spiro atoms. The molecule has 0 radical (unpaired) electrons. The Morgan fingerprint density at radius 3 is 2.72 bits per heavy atom. The van der Waals surface area contributed by atoms with Crippen LogP contribution in [0.25, 0.3) is 0 Å². The number of ether oxygens (including phenoxy) is 1. The molecule has 3 heteroatoms. The standard InChI is InChI=1S/C15H30N2O/c1-12-8-16-14(15(2,3)4)10-17(12)9-13-6-5-7-18-11-13/h12-14,16H,5-11H2,1-4H3. The molecule has 0 aromatic heterocycles. The predicted octanol–water partition coefficient (Wildman–Crippen LogP) is 2.12. The quantitative estimate of drug-likeness (QED) is 0.817. The van der Waals surface area contributed by atoms with Crippen molar-refractivity contribution < 1.29 is 4.74 Å². The SMILES string of the molecule is CC1CNC(C(C)(C)C)CN1CC1CCCOC1. The molecule has 1 N–H and O–H groups in total. The predicted molar refractivity (Wildman–Crippen MR) is 75.8 cm³/mol. The van der Waals surface area contributed by atoms with Crippen LogP contribution in [0.4, 0.5) is 0 Å². The Balaban J connectivity index is 1.88. The molecule has 2 heterocycles. The van der Waals surface area contributed by atoms with E-state index in [1.807, 2.05) is 0 Å². The second kappa shape index (κ2) is 5.89. The van der Waals surface area contributed by atoms with Crippen molar-refractivity contribution in [2.24, 2.45) is 11.3 Å². The van der Waals surface area contributed by atoms with Gasteiger partial charge in [-0.3, -0.25) is 4.90 Å². The summed E-state index contributed by atoms with van der Waals surface area (Å²) in [5.74, 6) is 0.750. The maximum atomic E-state index is 5.61. The van der Waals surface area contributed by atoms with Crippen LogP contribution in [0.3, 0.4) is 0 Å². The Morgan fingerprint density at radius 1 is 1.33 bits per heavy atom. The average Bonchev–Trinajstić information content (AvgIpc) is 2.32. The number of rotatable bonds is 2. The van der Waals surface area contributed by atoms with Crippen molar-refractivity contribution in [3.63, 3.8) is 0 Å². The van der Waals surface area contributed by atoms with Crippen LogP contribution in [0.2, 0.25) is 0 Å². The highest BCUT2D eigenvalue weighted by Gasteiger charge is 2.33. The van der Waals surface area contributed by atoms with E-state index in [0.717, 1.165) is 25.7 Å². The van der Waals surface area contributed by atoms with Gasteiger partial charge in [0.25, 0.3) is 0 Å². The van der Waals surface area contributed by atoms with E-state index in [-0.39, 0.29) is 0 Å². The van der Waals surface area contributed by atoms with E-state index < -0.39 is 0 Å². The van der Waals surface area contributed by atoms with E-state index in [0.29, 0.717) is 17.5 Å². The molecule has 0 amide bonds. The minimum atomic E-state index is 0.349. The van der Waals surface area contributed by atoms with Gasteiger partial charge in [0.1, 0.15) is 0 Å². The van der Waals surface area contributed by atoms with Crippen LogP contribution in [-0.2, 0) is 4.74 Å². The molecule has 0 saturated carbocycles. The van der Waals surface area contributed by atoms with E-state index in [1.165, 1.54) is 25.9 Å². The van der Waals surface area contributed by atoms with E-state index in [9.17, 15) is 0 Å². The zero-order chi connectivity index (χ0) is 13.2. The number of hydrogen-bond donors (Lipinski definition) is 1. The average molecular weight is 254 g/mol. The highest BCUT2D eigenvalue weighted by atomic mass is 16.5. The molecular weight excluding hydrogens is 224 g/mol. The molecule has 3 atom stereocenters. The number of piperazine rings is 1. The van der Waals surface area contributed by atoms with E-state index >= 15 is 0 Å². The van der Waals surface area contributed by atoms with Crippen molar-refractivity contribution in [3.05, 3.63) is 0 Å². The maximum absolute atomic E-state index is 5.61. The highest BCUT2D eigenvalue weighted by molar-refractivity contribution is 4.91. The molecule has 0 aliphatic carbocycles. The monoisotopic (exact) mass is 254 g/mol. The van der Waals surface area contributed by atoms with Crippen LogP contribution in [0.1, 0.15) is 40.5 Å². The Morgan fingerprint density at radius 2 is 2.11 bits per heavy atom. The first-order valence-electron chi connectivity index (χ1n) is 7.52. The van der Waals surface area contributed by atoms with Gasteiger partial charge in [-0.05, 0) is 31.1 Å². The molecule has 2 fully saturated rings. The molecule has 106 valence electrons. The van der Waals surface area contributed by atoms with Crippen molar-refractivity contribution >= 4 is 0 Å². The van der Waals surface area contributed by atoms with Gasteiger partial charge in [0.05, 0.1) is 6.61 Å². The third kappa shape index (κ3) is 3.69. The smallest absolute Gasteiger partial charge is 0.0506 e. The van der Waals surface area contributed by atoms with Gasteiger partial charge in [-0.1, -0.05) is 20.8 Å². The Bertz CT molecular complexity index is 256. The number of nitrogens with one attached hydrogen (secondary N) is 1. The van der Waals surface area contributed by atoms with Crippen LogP contribution in [0, 0.1) is 11.3 Å². The van der Waals surface area contributed by atoms with Gasteiger partial charge in [-0.15, -0.1) is 0 Å².